The van der Waals surface area contributed by atoms with Crippen molar-refractivity contribution in [2.45, 2.75) is 45.6 Å². The predicted octanol–water partition coefficient (Wildman–Crippen LogP) is 7.15. The SMILES string of the molecule is CCCCn1cc[n+](CC(OCc2ccc(Cl)cc2Cl)c2ccc(Cl)cc2Cl)c1. The van der Waals surface area contributed by atoms with Crippen LogP contribution in [-0.4, -0.2) is 4.57 Å². The van der Waals surface area contributed by atoms with Gasteiger partial charge in [0.1, 0.15) is 25.0 Å². The summed E-state index contributed by atoms with van der Waals surface area (Å²) in [5.41, 5.74) is 1.76. The lowest BCUT2D eigenvalue weighted by Gasteiger charge is -2.19. The fourth-order valence-corrected chi connectivity index (χ4v) is 4.04. The zero-order chi connectivity index (χ0) is 20.8. The van der Waals surface area contributed by atoms with Gasteiger partial charge in [0.2, 0.25) is 6.33 Å². The number of ether oxygens (including phenoxy) is 1. The molecule has 2 aromatic carbocycles. The molecule has 0 saturated carbocycles. The molecule has 1 unspecified atom stereocenters. The number of hydrogen-bond donors (Lipinski definition) is 0. The number of nitrogens with zero attached hydrogens (tertiary/aromatic N) is 2. The highest BCUT2D eigenvalue weighted by atomic mass is 35.5. The molecule has 1 atom stereocenters. The first kappa shape index (κ1) is 22.5. The first-order valence-electron chi connectivity index (χ1n) is 9.51. The summed E-state index contributed by atoms with van der Waals surface area (Å²) in [6.07, 6.45) is 8.25. The van der Waals surface area contributed by atoms with E-state index in [-0.39, 0.29) is 6.10 Å². The number of halogens is 4. The average molecular weight is 473 g/mol. The maximum absolute atomic E-state index is 6.48. The van der Waals surface area contributed by atoms with Gasteiger partial charge in [0.25, 0.3) is 0 Å². The molecule has 0 aliphatic carbocycles. The van der Waals surface area contributed by atoms with E-state index in [1.165, 1.54) is 0 Å². The van der Waals surface area contributed by atoms with Crippen molar-refractivity contribution in [2.24, 2.45) is 0 Å². The predicted molar refractivity (Wildman–Crippen MR) is 120 cm³/mol. The number of benzene rings is 2. The van der Waals surface area contributed by atoms with Gasteiger partial charge in [-0.25, -0.2) is 9.13 Å². The molecule has 0 spiro atoms. The number of aromatic nitrogens is 2. The van der Waals surface area contributed by atoms with E-state index in [2.05, 4.69) is 28.6 Å². The zero-order valence-electron chi connectivity index (χ0n) is 16.1. The molecule has 0 aliphatic rings. The van der Waals surface area contributed by atoms with Gasteiger partial charge in [-0.05, 0) is 36.2 Å². The van der Waals surface area contributed by atoms with Crippen LogP contribution in [0.4, 0.5) is 0 Å². The second kappa shape index (κ2) is 10.7. The van der Waals surface area contributed by atoms with Gasteiger partial charge in [-0.1, -0.05) is 71.9 Å². The quantitative estimate of drug-likeness (QED) is 0.302. The summed E-state index contributed by atoms with van der Waals surface area (Å²) >= 11 is 24.9. The molecule has 1 heterocycles. The molecule has 0 aliphatic heterocycles. The van der Waals surface area contributed by atoms with E-state index in [1.54, 1.807) is 18.2 Å². The van der Waals surface area contributed by atoms with Crippen LogP contribution >= 0.6 is 46.4 Å². The van der Waals surface area contributed by atoms with Crippen molar-refractivity contribution in [1.82, 2.24) is 4.57 Å². The summed E-state index contributed by atoms with van der Waals surface area (Å²) in [7, 11) is 0. The van der Waals surface area contributed by atoms with Gasteiger partial charge in [-0.15, -0.1) is 0 Å². The molecule has 29 heavy (non-hydrogen) atoms. The molecule has 0 N–H and O–H groups in total. The van der Waals surface area contributed by atoms with Gasteiger partial charge >= 0.3 is 0 Å². The number of imidazole rings is 1. The first-order chi connectivity index (χ1) is 14.0. The normalized spacial score (nSPS) is 12.3. The summed E-state index contributed by atoms with van der Waals surface area (Å²) in [6, 6.07) is 10.9. The first-order valence-corrected chi connectivity index (χ1v) is 11.0. The van der Waals surface area contributed by atoms with E-state index in [4.69, 9.17) is 51.1 Å². The summed E-state index contributed by atoms with van der Waals surface area (Å²) in [5, 5.41) is 2.35. The third kappa shape index (κ3) is 6.37. The fourth-order valence-electron chi connectivity index (χ4n) is 3.04. The van der Waals surface area contributed by atoms with Crippen LogP contribution in [0.1, 0.15) is 37.0 Å². The van der Waals surface area contributed by atoms with Gasteiger partial charge < -0.3 is 4.74 Å². The van der Waals surface area contributed by atoms with Crippen LogP contribution in [0.15, 0.2) is 55.1 Å². The van der Waals surface area contributed by atoms with Crippen molar-refractivity contribution in [1.29, 1.82) is 0 Å². The Bertz CT molecular complexity index is 958. The van der Waals surface area contributed by atoms with Crippen molar-refractivity contribution < 1.29 is 9.30 Å². The van der Waals surface area contributed by atoms with Gasteiger partial charge in [-0.2, -0.15) is 0 Å². The van der Waals surface area contributed by atoms with Gasteiger partial charge in [0.15, 0.2) is 0 Å². The van der Waals surface area contributed by atoms with Crippen LogP contribution in [0.5, 0.6) is 0 Å². The second-order valence-electron chi connectivity index (χ2n) is 6.90. The Labute approximate surface area is 191 Å². The summed E-state index contributed by atoms with van der Waals surface area (Å²) in [6.45, 7) is 4.14. The summed E-state index contributed by atoms with van der Waals surface area (Å²) in [5.74, 6) is 0. The Hall–Kier alpha value is -1.23. The van der Waals surface area contributed by atoms with Crippen LogP contribution in [0.2, 0.25) is 20.1 Å². The number of unbranched alkanes of at least 4 members (excludes halogenated alkanes) is 1. The maximum Gasteiger partial charge on any atom is 0.243 e. The number of rotatable bonds is 9. The third-order valence-corrected chi connectivity index (χ3v) is 5.81. The minimum atomic E-state index is -0.265. The lowest BCUT2D eigenvalue weighted by Crippen LogP contribution is -2.35. The Balaban J connectivity index is 1.80. The molecule has 0 saturated heterocycles. The van der Waals surface area contributed by atoms with Crippen LogP contribution in [-0.2, 0) is 24.4 Å². The van der Waals surface area contributed by atoms with E-state index in [0.717, 1.165) is 30.5 Å². The Morgan fingerprint density at radius 2 is 1.72 bits per heavy atom. The van der Waals surface area contributed by atoms with E-state index in [1.807, 2.05) is 24.4 Å². The van der Waals surface area contributed by atoms with Crippen molar-refractivity contribution in [2.75, 3.05) is 0 Å². The van der Waals surface area contributed by atoms with E-state index in [9.17, 15) is 0 Å². The lowest BCUT2D eigenvalue weighted by atomic mass is 10.1. The van der Waals surface area contributed by atoms with Crippen LogP contribution in [0, 0.1) is 0 Å². The number of aryl methyl sites for hydroxylation is 1. The molecule has 154 valence electrons. The topological polar surface area (TPSA) is 18.0 Å². The molecule has 3 rings (SSSR count). The van der Waals surface area contributed by atoms with Gasteiger partial charge in [-0.3, -0.25) is 0 Å². The monoisotopic (exact) mass is 471 g/mol. The highest BCUT2D eigenvalue weighted by Gasteiger charge is 2.20. The molecule has 3 nitrogen and oxygen atoms in total. The van der Waals surface area contributed by atoms with E-state index in [0.29, 0.717) is 33.2 Å². The van der Waals surface area contributed by atoms with Crippen LogP contribution < -0.4 is 4.57 Å². The van der Waals surface area contributed by atoms with Gasteiger partial charge in [0.05, 0.1) is 13.2 Å². The highest BCUT2D eigenvalue weighted by molar-refractivity contribution is 6.35. The summed E-state index contributed by atoms with van der Waals surface area (Å²) in [4.78, 5) is 0. The third-order valence-electron chi connectivity index (χ3n) is 4.66. The Morgan fingerprint density at radius 3 is 2.41 bits per heavy atom. The lowest BCUT2D eigenvalue weighted by molar-refractivity contribution is -0.704. The molecule has 3 aromatic rings. The van der Waals surface area contributed by atoms with Crippen molar-refractivity contribution in [3.63, 3.8) is 0 Å². The second-order valence-corrected chi connectivity index (χ2v) is 8.59. The van der Waals surface area contributed by atoms with Gasteiger partial charge in [0, 0.05) is 25.7 Å². The average Bonchev–Trinajstić information content (AvgIpc) is 3.12. The molecule has 0 fully saturated rings. The molecule has 1 aromatic heterocycles. The van der Waals surface area contributed by atoms with E-state index >= 15 is 0 Å². The Kier molecular flexibility index (Phi) is 8.28. The van der Waals surface area contributed by atoms with Crippen molar-refractivity contribution in [3.05, 3.63) is 86.3 Å². The summed E-state index contributed by atoms with van der Waals surface area (Å²) < 4.78 is 10.6. The minimum Gasteiger partial charge on any atom is -0.365 e. The van der Waals surface area contributed by atoms with Crippen molar-refractivity contribution >= 4 is 46.4 Å². The molecule has 0 amide bonds. The van der Waals surface area contributed by atoms with E-state index < -0.39 is 0 Å². The van der Waals surface area contributed by atoms with Crippen LogP contribution in [0.3, 0.4) is 0 Å². The fraction of sp³-hybridized carbons (Fsp3) is 0.318. The zero-order valence-corrected chi connectivity index (χ0v) is 19.1. The molecule has 0 bridgehead atoms. The minimum absolute atomic E-state index is 0.265. The standard InChI is InChI=1S/C22H23Cl4N2O/c1-2-3-8-27-9-10-28(15-27)13-22(19-7-6-18(24)12-21(19)26)29-14-16-4-5-17(23)11-20(16)25/h4-7,9-12,15,22H,2-3,8,13-14H2,1H3/q+1. The maximum atomic E-state index is 6.48. The van der Waals surface area contributed by atoms with Crippen molar-refractivity contribution in [3.8, 4) is 0 Å². The Morgan fingerprint density at radius 1 is 1.00 bits per heavy atom. The van der Waals surface area contributed by atoms with Crippen LogP contribution in [0.25, 0.3) is 0 Å². The molecule has 0 radical (unpaired) electrons. The number of hydrogen-bond acceptors (Lipinski definition) is 1. The largest absolute Gasteiger partial charge is 0.365 e. The smallest absolute Gasteiger partial charge is 0.243 e. The molecular weight excluding hydrogens is 450 g/mol. The molecular formula is C22H23Cl4N2O+. The molecule has 7 heteroatoms. The highest BCUT2D eigenvalue weighted by Crippen LogP contribution is 2.30.